The average Bonchev–Trinajstić information content (AvgIpc) is 2.55. The van der Waals surface area contributed by atoms with Gasteiger partial charge in [-0.05, 0) is 11.6 Å². The number of carbonyl (C=O) groups excluding carboxylic acids is 1. The summed E-state index contributed by atoms with van der Waals surface area (Å²) in [5, 5.41) is 13.6. The maximum atomic E-state index is 12.2. The van der Waals surface area contributed by atoms with Crippen LogP contribution in [-0.2, 0) is 17.8 Å². The Bertz CT molecular complexity index is 745. The zero-order valence-corrected chi connectivity index (χ0v) is 12.6. The van der Waals surface area contributed by atoms with Crippen LogP contribution in [0.4, 0.5) is 11.4 Å². The molecule has 1 heterocycles. The predicted octanol–water partition coefficient (Wildman–Crippen LogP) is 1.17. The van der Waals surface area contributed by atoms with Crippen molar-refractivity contribution in [3.8, 4) is 0 Å². The Morgan fingerprint density at radius 1 is 1.13 bits per heavy atom. The monoisotopic (exact) mass is 312 g/mol. The summed E-state index contributed by atoms with van der Waals surface area (Å²) < 4.78 is 0. The molecule has 0 bridgehead atoms. The first-order chi connectivity index (χ1) is 11.1. The van der Waals surface area contributed by atoms with Crippen molar-refractivity contribution in [3.05, 3.63) is 69.8 Å². The van der Waals surface area contributed by atoms with Crippen LogP contribution in [0.25, 0.3) is 0 Å². The number of quaternary nitrogens is 1. The van der Waals surface area contributed by atoms with Crippen LogP contribution in [0.2, 0.25) is 0 Å². The molecule has 0 aromatic heterocycles. The van der Waals surface area contributed by atoms with E-state index in [0.717, 1.165) is 19.5 Å². The summed E-state index contributed by atoms with van der Waals surface area (Å²) in [5.41, 5.74) is 2.78. The molecular formula is C17H18N3O3+. The minimum Gasteiger partial charge on any atom is -0.323 e. The second kappa shape index (κ2) is 6.58. The van der Waals surface area contributed by atoms with Crippen molar-refractivity contribution in [1.29, 1.82) is 0 Å². The second-order valence-corrected chi connectivity index (χ2v) is 5.69. The summed E-state index contributed by atoms with van der Waals surface area (Å²) in [6.07, 6.45) is 0.949. The smallest absolute Gasteiger partial charge is 0.292 e. The van der Waals surface area contributed by atoms with Gasteiger partial charge in [-0.25, -0.2) is 0 Å². The number of benzene rings is 2. The van der Waals surface area contributed by atoms with E-state index in [0.29, 0.717) is 6.54 Å². The highest BCUT2D eigenvalue weighted by Gasteiger charge is 2.22. The number of para-hydroxylation sites is 2. The number of rotatable bonds is 4. The van der Waals surface area contributed by atoms with Gasteiger partial charge >= 0.3 is 0 Å². The number of nitrogens with zero attached hydrogens (tertiary/aromatic N) is 1. The highest BCUT2D eigenvalue weighted by molar-refractivity contribution is 5.93. The van der Waals surface area contributed by atoms with E-state index in [1.807, 2.05) is 12.1 Å². The van der Waals surface area contributed by atoms with Gasteiger partial charge < -0.3 is 10.2 Å². The van der Waals surface area contributed by atoms with E-state index in [2.05, 4.69) is 17.4 Å². The van der Waals surface area contributed by atoms with Gasteiger partial charge in [-0.15, -0.1) is 0 Å². The van der Waals surface area contributed by atoms with E-state index in [9.17, 15) is 14.9 Å². The molecule has 1 amide bonds. The van der Waals surface area contributed by atoms with Gasteiger partial charge in [0.2, 0.25) is 0 Å². The SMILES string of the molecule is O=C(C[NH+]1CCc2ccccc2C1)Nc1ccccc1[N+](=O)[O-]. The van der Waals surface area contributed by atoms with Crippen molar-refractivity contribution in [1.82, 2.24) is 0 Å². The number of fused-ring (bicyclic) bond motifs is 1. The molecule has 0 saturated carbocycles. The van der Waals surface area contributed by atoms with Gasteiger partial charge in [-0.3, -0.25) is 14.9 Å². The lowest BCUT2D eigenvalue weighted by Gasteiger charge is -2.25. The fourth-order valence-corrected chi connectivity index (χ4v) is 2.95. The van der Waals surface area contributed by atoms with Crippen molar-refractivity contribution in [2.24, 2.45) is 0 Å². The molecule has 6 nitrogen and oxygen atoms in total. The first-order valence-corrected chi connectivity index (χ1v) is 7.57. The van der Waals surface area contributed by atoms with Crippen molar-refractivity contribution < 1.29 is 14.6 Å². The first-order valence-electron chi connectivity index (χ1n) is 7.57. The van der Waals surface area contributed by atoms with Gasteiger partial charge in [0.15, 0.2) is 6.54 Å². The predicted molar refractivity (Wildman–Crippen MR) is 86.3 cm³/mol. The molecule has 3 rings (SSSR count). The summed E-state index contributed by atoms with van der Waals surface area (Å²) in [6, 6.07) is 14.5. The fraction of sp³-hybridized carbons (Fsp3) is 0.235. The molecule has 6 heteroatoms. The minimum absolute atomic E-state index is 0.0835. The number of nitro benzene ring substituents is 1. The Kier molecular flexibility index (Phi) is 4.34. The van der Waals surface area contributed by atoms with Gasteiger partial charge in [-0.1, -0.05) is 36.4 Å². The highest BCUT2D eigenvalue weighted by Crippen LogP contribution is 2.22. The van der Waals surface area contributed by atoms with E-state index < -0.39 is 4.92 Å². The third-order valence-corrected chi connectivity index (χ3v) is 4.09. The van der Waals surface area contributed by atoms with Crippen LogP contribution in [-0.4, -0.2) is 23.9 Å². The summed E-state index contributed by atoms with van der Waals surface area (Å²) >= 11 is 0. The molecule has 0 aliphatic carbocycles. The Balaban J connectivity index is 1.64. The molecule has 0 fully saturated rings. The number of hydrogen-bond donors (Lipinski definition) is 2. The lowest BCUT2D eigenvalue weighted by molar-refractivity contribution is -0.907. The number of nitro groups is 1. The first kappa shape index (κ1) is 15.2. The summed E-state index contributed by atoms with van der Waals surface area (Å²) in [4.78, 5) is 23.9. The zero-order chi connectivity index (χ0) is 16.2. The third kappa shape index (κ3) is 3.54. The molecule has 0 saturated heterocycles. The fourth-order valence-electron chi connectivity index (χ4n) is 2.95. The molecule has 1 unspecified atom stereocenters. The molecule has 1 aliphatic heterocycles. The standard InChI is InChI=1S/C17H17N3O3/c21-17(18-15-7-3-4-8-16(15)20(22)23)12-19-10-9-13-5-1-2-6-14(13)11-19/h1-8H,9-12H2,(H,18,21)/p+1. The molecule has 0 spiro atoms. The van der Waals surface area contributed by atoms with Crippen molar-refractivity contribution in [3.63, 3.8) is 0 Å². The summed E-state index contributed by atoms with van der Waals surface area (Å²) in [6.45, 7) is 2.00. The van der Waals surface area contributed by atoms with Crippen LogP contribution in [0.15, 0.2) is 48.5 Å². The molecule has 23 heavy (non-hydrogen) atoms. The Morgan fingerprint density at radius 2 is 1.83 bits per heavy atom. The molecule has 118 valence electrons. The highest BCUT2D eigenvalue weighted by atomic mass is 16.6. The Morgan fingerprint density at radius 3 is 2.61 bits per heavy atom. The van der Waals surface area contributed by atoms with Crippen LogP contribution in [0.3, 0.4) is 0 Å². The molecule has 1 atom stereocenters. The minimum atomic E-state index is -0.486. The molecule has 1 aliphatic rings. The van der Waals surface area contributed by atoms with Crippen LogP contribution < -0.4 is 10.2 Å². The Hall–Kier alpha value is -2.73. The lowest BCUT2D eigenvalue weighted by atomic mass is 10.00. The summed E-state index contributed by atoms with van der Waals surface area (Å²) in [7, 11) is 0. The van der Waals surface area contributed by atoms with Gasteiger partial charge in [0, 0.05) is 18.1 Å². The normalized spacial score (nSPS) is 16.4. The molecule has 0 radical (unpaired) electrons. The number of amides is 1. The summed E-state index contributed by atoms with van der Waals surface area (Å²) in [5.74, 6) is -0.200. The van der Waals surface area contributed by atoms with E-state index in [-0.39, 0.29) is 17.3 Å². The Labute approximate surface area is 133 Å². The maximum Gasteiger partial charge on any atom is 0.292 e. The van der Waals surface area contributed by atoms with E-state index in [1.54, 1.807) is 18.2 Å². The van der Waals surface area contributed by atoms with E-state index >= 15 is 0 Å². The van der Waals surface area contributed by atoms with Crippen LogP contribution in [0.5, 0.6) is 0 Å². The third-order valence-electron chi connectivity index (χ3n) is 4.09. The van der Waals surface area contributed by atoms with E-state index in [4.69, 9.17) is 0 Å². The van der Waals surface area contributed by atoms with Crippen molar-refractivity contribution in [2.45, 2.75) is 13.0 Å². The van der Waals surface area contributed by atoms with Crippen LogP contribution in [0.1, 0.15) is 11.1 Å². The molecule has 2 N–H and O–H groups in total. The zero-order valence-electron chi connectivity index (χ0n) is 12.6. The van der Waals surface area contributed by atoms with Gasteiger partial charge in [0.25, 0.3) is 11.6 Å². The largest absolute Gasteiger partial charge is 0.323 e. The molecule has 2 aromatic carbocycles. The number of anilines is 1. The van der Waals surface area contributed by atoms with Crippen molar-refractivity contribution >= 4 is 17.3 Å². The quantitative estimate of drug-likeness (QED) is 0.657. The topological polar surface area (TPSA) is 76.7 Å². The van der Waals surface area contributed by atoms with Gasteiger partial charge in [0.05, 0.1) is 11.5 Å². The lowest BCUT2D eigenvalue weighted by Crippen LogP contribution is -3.12. The van der Waals surface area contributed by atoms with Gasteiger partial charge in [0.1, 0.15) is 12.2 Å². The van der Waals surface area contributed by atoms with Gasteiger partial charge in [-0.2, -0.15) is 0 Å². The van der Waals surface area contributed by atoms with Crippen LogP contribution >= 0.6 is 0 Å². The average molecular weight is 312 g/mol. The number of carbonyl (C=O) groups is 1. The second-order valence-electron chi connectivity index (χ2n) is 5.69. The van der Waals surface area contributed by atoms with Crippen LogP contribution in [0, 0.1) is 10.1 Å². The molecule has 2 aromatic rings. The van der Waals surface area contributed by atoms with Crippen molar-refractivity contribution in [2.75, 3.05) is 18.4 Å². The number of nitrogens with one attached hydrogen (secondary N) is 2. The molecular weight excluding hydrogens is 294 g/mol. The van der Waals surface area contributed by atoms with E-state index in [1.165, 1.54) is 22.1 Å². The number of hydrogen-bond acceptors (Lipinski definition) is 3. The maximum absolute atomic E-state index is 12.2.